The number of amides is 1. The molecule has 0 aromatic heterocycles. The minimum absolute atomic E-state index is 0.0821. The molecule has 1 amide bonds. The summed E-state index contributed by atoms with van der Waals surface area (Å²) in [5.41, 5.74) is -1.83. The molecule has 0 aliphatic heterocycles. The van der Waals surface area contributed by atoms with E-state index in [4.69, 9.17) is 0 Å². The predicted octanol–water partition coefficient (Wildman–Crippen LogP) is -0.280. The normalized spacial score (nSPS) is 13.6. The second kappa shape index (κ2) is 8.52. The molecule has 0 aliphatic carbocycles. The van der Waals surface area contributed by atoms with Gasteiger partial charge in [-0.25, -0.2) is 0 Å². The fourth-order valence-corrected chi connectivity index (χ4v) is 2.03. The van der Waals surface area contributed by atoms with Crippen molar-refractivity contribution in [3.63, 3.8) is 0 Å². The van der Waals surface area contributed by atoms with Crippen molar-refractivity contribution >= 4 is 17.5 Å². The van der Waals surface area contributed by atoms with Gasteiger partial charge in [-0.2, -0.15) is 0 Å². The molecule has 0 bridgehead atoms. The standard InChI is InChI=1S/C16H31N3O4/c1-15(2,12(21)8-9-13(22)19(6)7)18-11(10-20)14(23)16(3,4)17-5/h11,17-18,20H,8-10H2,1-7H3. The Morgan fingerprint density at radius 2 is 1.57 bits per heavy atom. The van der Waals surface area contributed by atoms with Crippen LogP contribution in [0.3, 0.4) is 0 Å². The van der Waals surface area contributed by atoms with Crippen molar-refractivity contribution in [1.82, 2.24) is 15.5 Å². The van der Waals surface area contributed by atoms with Crippen LogP contribution in [-0.4, -0.2) is 72.3 Å². The van der Waals surface area contributed by atoms with Crippen molar-refractivity contribution in [2.24, 2.45) is 0 Å². The van der Waals surface area contributed by atoms with Gasteiger partial charge in [0.2, 0.25) is 5.91 Å². The zero-order chi connectivity index (χ0) is 18.4. The van der Waals surface area contributed by atoms with E-state index in [1.807, 2.05) is 0 Å². The van der Waals surface area contributed by atoms with Gasteiger partial charge in [-0.05, 0) is 34.7 Å². The molecule has 0 aromatic rings. The van der Waals surface area contributed by atoms with Crippen molar-refractivity contribution in [3.8, 4) is 0 Å². The van der Waals surface area contributed by atoms with Crippen LogP contribution in [0, 0.1) is 0 Å². The number of hydrogen-bond donors (Lipinski definition) is 3. The number of hydrogen-bond acceptors (Lipinski definition) is 6. The fraction of sp³-hybridized carbons (Fsp3) is 0.812. The Balaban J connectivity index is 4.89. The van der Waals surface area contributed by atoms with Gasteiger partial charge in [0.1, 0.15) is 0 Å². The summed E-state index contributed by atoms with van der Waals surface area (Å²) in [6.07, 6.45) is 0.204. The first-order valence-electron chi connectivity index (χ1n) is 7.74. The molecular formula is C16H31N3O4. The number of Topliss-reactive ketones (excluding diaryl/α,β-unsaturated/α-hetero) is 2. The van der Waals surface area contributed by atoms with Crippen molar-refractivity contribution in [1.29, 1.82) is 0 Å². The van der Waals surface area contributed by atoms with E-state index in [0.29, 0.717) is 0 Å². The van der Waals surface area contributed by atoms with Gasteiger partial charge in [-0.1, -0.05) is 0 Å². The highest BCUT2D eigenvalue weighted by atomic mass is 16.3. The van der Waals surface area contributed by atoms with Gasteiger partial charge in [-0.3, -0.25) is 19.7 Å². The number of nitrogens with zero attached hydrogens (tertiary/aromatic N) is 1. The number of carbonyl (C=O) groups excluding carboxylic acids is 3. The largest absolute Gasteiger partial charge is 0.394 e. The van der Waals surface area contributed by atoms with Crippen LogP contribution in [0.5, 0.6) is 0 Å². The van der Waals surface area contributed by atoms with Crippen LogP contribution in [0.15, 0.2) is 0 Å². The summed E-state index contributed by atoms with van der Waals surface area (Å²) in [5, 5.41) is 15.3. The first-order chi connectivity index (χ1) is 10.4. The molecule has 1 unspecified atom stereocenters. The Morgan fingerprint density at radius 3 is 1.96 bits per heavy atom. The Morgan fingerprint density at radius 1 is 1.04 bits per heavy atom. The van der Waals surface area contributed by atoms with Crippen molar-refractivity contribution in [2.75, 3.05) is 27.7 Å². The number of carbonyl (C=O) groups is 3. The summed E-state index contributed by atoms with van der Waals surface area (Å²) in [7, 11) is 4.93. The summed E-state index contributed by atoms with van der Waals surface area (Å²) in [6, 6.07) is -0.860. The average Bonchev–Trinajstić information content (AvgIpc) is 2.48. The van der Waals surface area contributed by atoms with Crippen molar-refractivity contribution in [3.05, 3.63) is 0 Å². The monoisotopic (exact) mass is 329 g/mol. The van der Waals surface area contributed by atoms with Crippen LogP contribution in [0.1, 0.15) is 40.5 Å². The summed E-state index contributed by atoms with van der Waals surface area (Å²) >= 11 is 0. The maximum atomic E-state index is 12.4. The van der Waals surface area contributed by atoms with Crippen LogP contribution >= 0.6 is 0 Å². The van der Waals surface area contributed by atoms with Gasteiger partial charge >= 0.3 is 0 Å². The first-order valence-corrected chi connectivity index (χ1v) is 7.74. The minimum Gasteiger partial charge on any atom is -0.394 e. The van der Waals surface area contributed by atoms with E-state index in [9.17, 15) is 19.5 Å². The Labute approximate surface area is 138 Å². The molecule has 7 nitrogen and oxygen atoms in total. The molecule has 3 N–H and O–H groups in total. The SMILES string of the molecule is CNC(C)(C)C(=O)C(CO)NC(C)(C)C(=O)CCC(=O)N(C)C. The van der Waals surface area contributed by atoms with E-state index < -0.39 is 23.7 Å². The lowest BCUT2D eigenvalue weighted by molar-refractivity contribution is -0.133. The minimum atomic E-state index is -1.01. The van der Waals surface area contributed by atoms with Crippen molar-refractivity contribution < 1.29 is 19.5 Å². The molecule has 0 spiro atoms. The van der Waals surface area contributed by atoms with Gasteiger partial charge in [-0.15, -0.1) is 0 Å². The van der Waals surface area contributed by atoms with Crippen LogP contribution in [0.25, 0.3) is 0 Å². The van der Waals surface area contributed by atoms with E-state index in [1.165, 1.54) is 4.90 Å². The number of ketones is 2. The number of aliphatic hydroxyl groups is 1. The second-order valence-electron chi connectivity index (χ2n) is 6.96. The molecule has 7 heteroatoms. The number of nitrogens with one attached hydrogen (secondary N) is 2. The van der Waals surface area contributed by atoms with Gasteiger partial charge in [0.15, 0.2) is 11.6 Å². The number of rotatable bonds is 10. The predicted molar refractivity (Wildman–Crippen MR) is 89.2 cm³/mol. The number of likely N-dealkylation sites (N-methyl/N-ethyl adjacent to an activating group) is 1. The van der Waals surface area contributed by atoms with E-state index in [2.05, 4.69) is 10.6 Å². The van der Waals surface area contributed by atoms with Crippen molar-refractivity contribution in [2.45, 2.75) is 57.7 Å². The summed E-state index contributed by atoms with van der Waals surface area (Å²) in [4.78, 5) is 37.8. The zero-order valence-electron chi connectivity index (χ0n) is 15.3. The summed E-state index contributed by atoms with van der Waals surface area (Å²) in [5.74, 6) is -0.533. The fourth-order valence-electron chi connectivity index (χ4n) is 2.03. The molecule has 0 aliphatic rings. The molecule has 0 fully saturated rings. The average molecular weight is 329 g/mol. The highest BCUT2D eigenvalue weighted by Gasteiger charge is 2.37. The molecule has 0 aromatic carbocycles. The third-order valence-electron chi connectivity index (χ3n) is 4.04. The van der Waals surface area contributed by atoms with Crippen LogP contribution < -0.4 is 10.6 Å². The van der Waals surface area contributed by atoms with Gasteiger partial charge < -0.3 is 15.3 Å². The van der Waals surface area contributed by atoms with Gasteiger partial charge in [0, 0.05) is 26.9 Å². The lowest BCUT2D eigenvalue weighted by Gasteiger charge is -2.33. The summed E-state index contributed by atoms with van der Waals surface area (Å²) < 4.78 is 0. The molecule has 0 saturated heterocycles. The van der Waals surface area contributed by atoms with E-state index in [0.717, 1.165) is 0 Å². The van der Waals surface area contributed by atoms with Gasteiger partial charge in [0.25, 0.3) is 0 Å². The zero-order valence-corrected chi connectivity index (χ0v) is 15.3. The highest BCUT2D eigenvalue weighted by Crippen LogP contribution is 2.14. The molecular weight excluding hydrogens is 298 g/mol. The van der Waals surface area contributed by atoms with Crippen LogP contribution in [0.2, 0.25) is 0 Å². The number of aliphatic hydroxyl groups excluding tert-OH is 1. The van der Waals surface area contributed by atoms with Crippen LogP contribution in [0.4, 0.5) is 0 Å². The Bertz CT molecular complexity index is 445. The first kappa shape index (κ1) is 21.7. The van der Waals surface area contributed by atoms with Crippen LogP contribution in [-0.2, 0) is 14.4 Å². The topological polar surface area (TPSA) is 98.7 Å². The highest BCUT2D eigenvalue weighted by molar-refractivity contribution is 5.95. The Kier molecular flexibility index (Phi) is 8.03. The quantitative estimate of drug-likeness (QED) is 0.510. The molecule has 23 heavy (non-hydrogen) atoms. The third-order valence-corrected chi connectivity index (χ3v) is 4.04. The molecule has 0 rings (SSSR count). The molecule has 134 valence electrons. The lowest BCUT2D eigenvalue weighted by atomic mass is 9.89. The Hall–Kier alpha value is -1.31. The maximum Gasteiger partial charge on any atom is 0.222 e. The smallest absolute Gasteiger partial charge is 0.222 e. The lowest BCUT2D eigenvalue weighted by Crippen LogP contribution is -2.61. The second-order valence-corrected chi connectivity index (χ2v) is 6.96. The molecule has 1 atom stereocenters. The van der Waals surface area contributed by atoms with E-state index in [1.54, 1.807) is 48.8 Å². The van der Waals surface area contributed by atoms with Gasteiger partial charge in [0.05, 0.1) is 23.7 Å². The maximum absolute atomic E-state index is 12.4. The molecule has 0 saturated carbocycles. The molecule has 0 radical (unpaired) electrons. The van der Waals surface area contributed by atoms with E-state index in [-0.39, 0.29) is 30.3 Å². The summed E-state index contributed by atoms with van der Waals surface area (Å²) in [6.45, 7) is 6.32. The third kappa shape index (κ3) is 6.37. The molecule has 0 heterocycles. The van der Waals surface area contributed by atoms with E-state index >= 15 is 0 Å².